The maximum atomic E-state index is 13.0. The first-order chi connectivity index (χ1) is 12.0. The molecular formula is C17H19FN4O3. The van der Waals surface area contributed by atoms with E-state index in [1.807, 2.05) is 6.92 Å². The first-order valence-electron chi connectivity index (χ1n) is 8.10. The number of anilines is 1. The Balaban J connectivity index is 1.64. The molecule has 1 aliphatic rings. The number of benzene rings is 1. The van der Waals surface area contributed by atoms with Crippen LogP contribution >= 0.6 is 0 Å². The number of aryl methyl sites for hydroxylation is 1. The molecule has 0 aliphatic carbocycles. The van der Waals surface area contributed by atoms with Gasteiger partial charge in [0.1, 0.15) is 5.82 Å². The van der Waals surface area contributed by atoms with E-state index in [-0.39, 0.29) is 37.1 Å². The zero-order valence-electron chi connectivity index (χ0n) is 14.1. The van der Waals surface area contributed by atoms with Crippen molar-refractivity contribution in [3.8, 4) is 0 Å². The van der Waals surface area contributed by atoms with Gasteiger partial charge in [-0.15, -0.1) is 0 Å². The van der Waals surface area contributed by atoms with Gasteiger partial charge in [0.25, 0.3) is 0 Å². The Kier molecular flexibility index (Phi) is 4.78. The SMILES string of the molecule is CCc1noc(CN(C)C(=O)[C@H]2CC(=O)N(c3ccc(F)cc3)C2)n1. The Hall–Kier alpha value is -2.77. The monoisotopic (exact) mass is 346 g/mol. The summed E-state index contributed by atoms with van der Waals surface area (Å²) in [4.78, 5) is 32.0. The highest BCUT2D eigenvalue weighted by Crippen LogP contribution is 2.26. The summed E-state index contributed by atoms with van der Waals surface area (Å²) >= 11 is 0. The van der Waals surface area contributed by atoms with E-state index in [0.717, 1.165) is 0 Å². The van der Waals surface area contributed by atoms with Crippen LogP contribution < -0.4 is 4.90 Å². The van der Waals surface area contributed by atoms with Gasteiger partial charge in [-0.05, 0) is 24.3 Å². The van der Waals surface area contributed by atoms with Crippen molar-refractivity contribution in [1.82, 2.24) is 15.0 Å². The molecule has 1 aliphatic heterocycles. The Morgan fingerprint density at radius 2 is 2.12 bits per heavy atom. The van der Waals surface area contributed by atoms with Gasteiger partial charge in [0, 0.05) is 32.1 Å². The van der Waals surface area contributed by atoms with Crippen molar-refractivity contribution < 1.29 is 18.5 Å². The fourth-order valence-electron chi connectivity index (χ4n) is 2.83. The number of rotatable bonds is 5. The first-order valence-corrected chi connectivity index (χ1v) is 8.10. The molecule has 0 spiro atoms. The summed E-state index contributed by atoms with van der Waals surface area (Å²) in [5.41, 5.74) is 0.592. The fraction of sp³-hybridized carbons (Fsp3) is 0.412. The molecule has 0 unspecified atom stereocenters. The Morgan fingerprint density at radius 3 is 2.76 bits per heavy atom. The van der Waals surface area contributed by atoms with Crippen molar-refractivity contribution in [2.75, 3.05) is 18.5 Å². The van der Waals surface area contributed by atoms with E-state index in [4.69, 9.17) is 4.52 Å². The summed E-state index contributed by atoms with van der Waals surface area (Å²) in [7, 11) is 1.64. The summed E-state index contributed by atoms with van der Waals surface area (Å²) in [6.45, 7) is 2.39. The van der Waals surface area contributed by atoms with E-state index in [2.05, 4.69) is 10.1 Å². The van der Waals surface area contributed by atoms with Crippen LogP contribution in [-0.4, -0.2) is 40.4 Å². The Bertz CT molecular complexity index is 774. The lowest BCUT2D eigenvalue weighted by molar-refractivity contribution is -0.135. The number of nitrogens with zero attached hydrogens (tertiary/aromatic N) is 4. The van der Waals surface area contributed by atoms with Crippen LogP contribution in [0.5, 0.6) is 0 Å². The summed E-state index contributed by atoms with van der Waals surface area (Å²) in [6, 6.07) is 5.67. The number of amides is 2. The molecule has 25 heavy (non-hydrogen) atoms. The Labute approximate surface area is 144 Å². The average molecular weight is 346 g/mol. The summed E-state index contributed by atoms with van der Waals surface area (Å²) in [5, 5.41) is 3.80. The predicted molar refractivity (Wildman–Crippen MR) is 87.0 cm³/mol. The van der Waals surface area contributed by atoms with Crippen molar-refractivity contribution in [3.05, 3.63) is 41.8 Å². The van der Waals surface area contributed by atoms with Gasteiger partial charge in [-0.1, -0.05) is 12.1 Å². The molecule has 1 atom stereocenters. The number of aromatic nitrogens is 2. The lowest BCUT2D eigenvalue weighted by atomic mass is 10.1. The molecule has 2 aromatic rings. The summed E-state index contributed by atoms with van der Waals surface area (Å²) < 4.78 is 18.1. The van der Waals surface area contributed by atoms with Crippen LogP contribution in [0, 0.1) is 11.7 Å². The molecule has 132 valence electrons. The van der Waals surface area contributed by atoms with E-state index in [0.29, 0.717) is 23.8 Å². The molecule has 3 rings (SSSR count). The van der Waals surface area contributed by atoms with Gasteiger partial charge in [0.05, 0.1) is 12.5 Å². The van der Waals surface area contributed by atoms with Gasteiger partial charge in [0.2, 0.25) is 17.7 Å². The lowest BCUT2D eigenvalue weighted by Gasteiger charge is -2.20. The highest BCUT2D eigenvalue weighted by molar-refractivity contribution is 6.00. The third kappa shape index (κ3) is 3.67. The molecule has 0 radical (unpaired) electrons. The van der Waals surface area contributed by atoms with Gasteiger partial charge < -0.3 is 14.3 Å². The molecule has 2 heterocycles. The minimum atomic E-state index is -0.448. The van der Waals surface area contributed by atoms with Gasteiger partial charge in [-0.2, -0.15) is 4.98 Å². The van der Waals surface area contributed by atoms with Crippen LogP contribution in [0.4, 0.5) is 10.1 Å². The number of carbonyl (C=O) groups is 2. The van der Waals surface area contributed by atoms with Crippen molar-refractivity contribution in [2.24, 2.45) is 5.92 Å². The van der Waals surface area contributed by atoms with Crippen LogP contribution in [0.1, 0.15) is 25.1 Å². The van der Waals surface area contributed by atoms with Crippen LogP contribution in [0.3, 0.4) is 0 Å². The first kappa shape index (κ1) is 17.1. The third-order valence-corrected chi connectivity index (χ3v) is 4.19. The van der Waals surface area contributed by atoms with E-state index < -0.39 is 5.92 Å². The maximum Gasteiger partial charge on any atom is 0.246 e. The minimum Gasteiger partial charge on any atom is -0.337 e. The molecule has 1 fully saturated rings. The van der Waals surface area contributed by atoms with Gasteiger partial charge in [-0.3, -0.25) is 9.59 Å². The second kappa shape index (κ2) is 7.00. The molecule has 0 bridgehead atoms. The van der Waals surface area contributed by atoms with Gasteiger partial charge in [0.15, 0.2) is 5.82 Å². The highest BCUT2D eigenvalue weighted by Gasteiger charge is 2.36. The Morgan fingerprint density at radius 1 is 1.40 bits per heavy atom. The number of carbonyl (C=O) groups excluding carboxylic acids is 2. The zero-order valence-corrected chi connectivity index (χ0v) is 14.1. The van der Waals surface area contributed by atoms with Crippen LogP contribution in [0.15, 0.2) is 28.8 Å². The van der Waals surface area contributed by atoms with Crippen LogP contribution in [-0.2, 0) is 22.6 Å². The standard InChI is InChI=1S/C17H19FN4O3/c1-3-14-19-15(25-20-14)10-21(2)17(24)11-8-16(23)22(9-11)13-6-4-12(18)5-7-13/h4-7,11H,3,8-10H2,1-2H3/t11-/m0/s1. The highest BCUT2D eigenvalue weighted by atomic mass is 19.1. The third-order valence-electron chi connectivity index (χ3n) is 4.19. The molecular weight excluding hydrogens is 327 g/mol. The molecule has 8 heteroatoms. The fourth-order valence-corrected chi connectivity index (χ4v) is 2.83. The average Bonchev–Trinajstić information content (AvgIpc) is 3.21. The normalized spacial score (nSPS) is 17.2. The van der Waals surface area contributed by atoms with E-state index in [9.17, 15) is 14.0 Å². The van der Waals surface area contributed by atoms with Crippen molar-refractivity contribution >= 4 is 17.5 Å². The van der Waals surface area contributed by atoms with Gasteiger partial charge >= 0.3 is 0 Å². The minimum absolute atomic E-state index is 0.130. The molecule has 7 nitrogen and oxygen atoms in total. The molecule has 1 saturated heterocycles. The molecule has 0 N–H and O–H groups in total. The number of halogens is 1. The maximum absolute atomic E-state index is 13.0. The smallest absolute Gasteiger partial charge is 0.246 e. The van der Waals surface area contributed by atoms with Crippen molar-refractivity contribution in [2.45, 2.75) is 26.3 Å². The topological polar surface area (TPSA) is 79.5 Å². The van der Waals surface area contributed by atoms with E-state index >= 15 is 0 Å². The number of hydrogen-bond acceptors (Lipinski definition) is 5. The summed E-state index contributed by atoms with van der Waals surface area (Å²) in [6.07, 6.45) is 0.787. The van der Waals surface area contributed by atoms with Crippen molar-refractivity contribution in [1.29, 1.82) is 0 Å². The second-order valence-corrected chi connectivity index (χ2v) is 6.03. The summed E-state index contributed by atoms with van der Waals surface area (Å²) in [5.74, 6) is -0.162. The number of hydrogen-bond donors (Lipinski definition) is 0. The molecule has 1 aromatic carbocycles. The van der Waals surface area contributed by atoms with E-state index in [1.54, 1.807) is 7.05 Å². The molecule has 2 amide bonds. The largest absolute Gasteiger partial charge is 0.337 e. The zero-order chi connectivity index (χ0) is 18.0. The lowest BCUT2D eigenvalue weighted by Crippen LogP contribution is -2.34. The quantitative estimate of drug-likeness (QED) is 0.824. The molecule has 0 saturated carbocycles. The van der Waals surface area contributed by atoms with Crippen LogP contribution in [0.25, 0.3) is 0 Å². The van der Waals surface area contributed by atoms with Gasteiger partial charge in [-0.25, -0.2) is 4.39 Å². The van der Waals surface area contributed by atoms with E-state index in [1.165, 1.54) is 34.1 Å². The predicted octanol–water partition coefficient (Wildman–Crippen LogP) is 1.78. The van der Waals surface area contributed by atoms with Crippen LogP contribution in [0.2, 0.25) is 0 Å². The second-order valence-electron chi connectivity index (χ2n) is 6.03. The van der Waals surface area contributed by atoms with Crippen molar-refractivity contribution in [3.63, 3.8) is 0 Å². The molecule has 1 aromatic heterocycles.